The topological polar surface area (TPSA) is 66.5 Å². The van der Waals surface area contributed by atoms with E-state index in [1.54, 1.807) is 12.1 Å². The molecule has 9 heteroatoms. The molecule has 3 rings (SSSR count). The van der Waals surface area contributed by atoms with Crippen molar-refractivity contribution in [3.8, 4) is 0 Å². The molecule has 0 bridgehead atoms. The summed E-state index contributed by atoms with van der Waals surface area (Å²) >= 11 is 13.3. The van der Waals surface area contributed by atoms with Crippen molar-refractivity contribution in [2.45, 2.75) is 10.9 Å². The normalized spacial score (nSPS) is 12.7. The van der Waals surface area contributed by atoms with Crippen LogP contribution < -0.4 is 5.32 Å². The van der Waals surface area contributed by atoms with Crippen LogP contribution in [-0.4, -0.2) is 32.2 Å². The second-order valence-electron chi connectivity index (χ2n) is 6.32. The number of benzene rings is 2. The van der Waals surface area contributed by atoms with Crippen LogP contribution in [0.1, 0.15) is 17.2 Å². The van der Waals surface area contributed by atoms with Gasteiger partial charge in [0, 0.05) is 17.1 Å². The van der Waals surface area contributed by atoms with Gasteiger partial charge in [-0.2, -0.15) is 15.6 Å². The molecule has 0 spiro atoms. The predicted molar refractivity (Wildman–Crippen MR) is 117 cm³/mol. The molecule has 152 valence electrons. The Labute approximate surface area is 183 Å². The van der Waals surface area contributed by atoms with E-state index >= 15 is 0 Å². The molecule has 1 heterocycles. The van der Waals surface area contributed by atoms with Crippen molar-refractivity contribution in [2.75, 3.05) is 13.6 Å². The zero-order valence-corrected chi connectivity index (χ0v) is 18.5. The Balaban J connectivity index is 1.76. The number of carbonyl (C=O) groups excluding carboxylic acids is 1. The van der Waals surface area contributed by atoms with E-state index in [0.717, 1.165) is 15.4 Å². The Morgan fingerprint density at radius 3 is 2.14 bits per heavy atom. The van der Waals surface area contributed by atoms with Gasteiger partial charge in [0.25, 0.3) is 0 Å². The molecule has 1 aromatic heterocycles. The van der Waals surface area contributed by atoms with Crippen LogP contribution in [0.2, 0.25) is 10.0 Å². The minimum Gasteiger partial charge on any atom is -0.344 e. The van der Waals surface area contributed by atoms with Crippen LogP contribution in [-0.2, 0) is 14.8 Å². The highest BCUT2D eigenvalue weighted by Crippen LogP contribution is 2.25. The first-order valence-electron chi connectivity index (χ1n) is 8.56. The number of nitrogens with one attached hydrogen (secondary N) is 1. The first-order valence-corrected chi connectivity index (χ1v) is 11.7. The van der Waals surface area contributed by atoms with Crippen molar-refractivity contribution in [3.05, 3.63) is 86.5 Å². The zero-order chi connectivity index (χ0) is 21.0. The van der Waals surface area contributed by atoms with Gasteiger partial charge in [0.2, 0.25) is 15.9 Å². The number of nitrogens with zero attached hydrogens (tertiary/aromatic N) is 1. The largest absolute Gasteiger partial charge is 0.344 e. The van der Waals surface area contributed by atoms with Crippen LogP contribution in [0, 0.1) is 0 Å². The number of hydrogen-bond donors (Lipinski definition) is 1. The van der Waals surface area contributed by atoms with E-state index in [-0.39, 0.29) is 11.4 Å². The number of hydrogen-bond acceptors (Lipinski definition) is 4. The van der Waals surface area contributed by atoms with Crippen molar-refractivity contribution in [2.24, 2.45) is 0 Å². The molecule has 5 nitrogen and oxygen atoms in total. The maximum atomic E-state index is 12.7. The number of amides is 1. The standard InChI is InChI=1S/C20H18Cl2N2O3S2/c1-24(29(26,27)18-8-6-17(22)7-9-18)12-19(25)23-20(15-10-11-28-13-15)14-2-4-16(21)5-3-14/h2-11,13,20H,12H2,1H3,(H,23,25). The monoisotopic (exact) mass is 468 g/mol. The highest BCUT2D eigenvalue weighted by molar-refractivity contribution is 7.89. The first-order chi connectivity index (χ1) is 13.8. The Kier molecular flexibility index (Phi) is 6.97. The van der Waals surface area contributed by atoms with Crippen LogP contribution >= 0.6 is 34.5 Å². The van der Waals surface area contributed by atoms with E-state index in [2.05, 4.69) is 5.32 Å². The second kappa shape index (κ2) is 9.28. The quantitative estimate of drug-likeness (QED) is 0.551. The molecule has 0 aliphatic carbocycles. The third kappa shape index (κ3) is 5.38. The van der Waals surface area contributed by atoms with Crippen molar-refractivity contribution in [1.82, 2.24) is 9.62 Å². The Morgan fingerprint density at radius 2 is 1.59 bits per heavy atom. The summed E-state index contributed by atoms with van der Waals surface area (Å²) in [6.45, 7) is -0.320. The fourth-order valence-electron chi connectivity index (χ4n) is 2.73. The summed E-state index contributed by atoms with van der Waals surface area (Å²) in [6, 6.07) is 14.5. The van der Waals surface area contributed by atoms with Crippen LogP contribution in [0.3, 0.4) is 0 Å². The van der Waals surface area contributed by atoms with Gasteiger partial charge in [-0.05, 0) is 64.4 Å². The van der Waals surface area contributed by atoms with Crippen LogP contribution in [0.25, 0.3) is 0 Å². The van der Waals surface area contributed by atoms with Crippen molar-refractivity contribution < 1.29 is 13.2 Å². The van der Waals surface area contributed by atoms with Crippen LogP contribution in [0.5, 0.6) is 0 Å². The molecule has 1 atom stereocenters. The maximum Gasteiger partial charge on any atom is 0.243 e. The van der Waals surface area contributed by atoms with Crippen LogP contribution in [0.15, 0.2) is 70.3 Å². The van der Waals surface area contributed by atoms with Gasteiger partial charge in [0.05, 0.1) is 17.5 Å². The molecule has 1 amide bonds. The summed E-state index contributed by atoms with van der Waals surface area (Å²) in [5.74, 6) is -0.420. The molecule has 1 N–H and O–H groups in total. The van der Waals surface area contributed by atoms with Crippen molar-refractivity contribution in [3.63, 3.8) is 0 Å². The molecule has 3 aromatic rings. The summed E-state index contributed by atoms with van der Waals surface area (Å²) in [5.41, 5.74) is 1.76. The average molecular weight is 469 g/mol. The fraction of sp³-hybridized carbons (Fsp3) is 0.150. The van der Waals surface area contributed by atoms with E-state index in [0.29, 0.717) is 10.0 Å². The van der Waals surface area contributed by atoms with Gasteiger partial charge in [-0.1, -0.05) is 35.3 Å². The molecule has 0 saturated carbocycles. The number of rotatable bonds is 7. The molecule has 0 aliphatic heterocycles. The number of likely N-dealkylation sites (N-methyl/N-ethyl adjacent to an activating group) is 1. The van der Waals surface area contributed by atoms with E-state index in [1.165, 1.54) is 42.6 Å². The Morgan fingerprint density at radius 1 is 1.00 bits per heavy atom. The Hall–Kier alpha value is -1.90. The lowest BCUT2D eigenvalue weighted by Gasteiger charge is -2.21. The lowest BCUT2D eigenvalue weighted by molar-refractivity contribution is -0.121. The van der Waals surface area contributed by atoms with Crippen molar-refractivity contribution >= 4 is 50.5 Å². The number of sulfonamides is 1. The third-order valence-corrected chi connectivity index (χ3v) is 7.30. The van der Waals surface area contributed by atoms with Gasteiger partial charge >= 0.3 is 0 Å². The van der Waals surface area contributed by atoms with Gasteiger partial charge in [-0.3, -0.25) is 4.79 Å². The summed E-state index contributed by atoms with van der Waals surface area (Å²) in [5, 5.41) is 7.80. The molecule has 0 radical (unpaired) electrons. The number of carbonyl (C=O) groups is 1. The highest BCUT2D eigenvalue weighted by Gasteiger charge is 2.25. The molecule has 0 saturated heterocycles. The summed E-state index contributed by atoms with van der Waals surface area (Å²) in [7, 11) is -2.45. The molecule has 29 heavy (non-hydrogen) atoms. The third-order valence-electron chi connectivity index (χ3n) is 4.27. The minimum absolute atomic E-state index is 0.0734. The molecular weight excluding hydrogens is 451 g/mol. The van der Waals surface area contributed by atoms with E-state index in [4.69, 9.17) is 23.2 Å². The summed E-state index contributed by atoms with van der Waals surface area (Å²) < 4.78 is 26.4. The smallest absolute Gasteiger partial charge is 0.243 e. The predicted octanol–water partition coefficient (Wildman–Crippen LogP) is 4.58. The molecular formula is C20H18Cl2N2O3S2. The molecule has 1 unspecified atom stereocenters. The first kappa shape index (κ1) is 21.8. The van der Waals surface area contributed by atoms with Gasteiger partial charge in [-0.25, -0.2) is 8.42 Å². The average Bonchev–Trinajstić information content (AvgIpc) is 3.21. The van der Waals surface area contributed by atoms with Crippen LogP contribution in [0.4, 0.5) is 0 Å². The SMILES string of the molecule is CN(CC(=O)NC(c1ccc(Cl)cc1)c1ccsc1)S(=O)(=O)c1ccc(Cl)cc1. The van der Waals surface area contributed by atoms with Crippen molar-refractivity contribution in [1.29, 1.82) is 0 Å². The molecule has 0 fully saturated rings. The minimum atomic E-state index is -3.81. The molecule has 2 aromatic carbocycles. The maximum absolute atomic E-state index is 12.7. The zero-order valence-electron chi connectivity index (χ0n) is 15.4. The van der Waals surface area contributed by atoms with Gasteiger partial charge in [0.15, 0.2) is 0 Å². The summed E-state index contributed by atoms with van der Waals surface area (Å²) in [4.78, 5) is 12.7. The van der Waals surface area contributed by atoms with Gasteiger partial charge in [0.1, 0.15) is 0 Å². The van der Waals surface area contributed by atoms with Gasteiger partial charge in [-0.15, -0.1) is 0 Å². The molecule has 0 aliphatic rings. The van der Waals surface area contributed by atoms with Gasteiger partial charge < -0.3 is 5.32 Å². The van der Waals surface area contributed by atoms with E-state index < -0.39 is 22.0 Å². The summed E-state index contributed by atoms with van der Waals surface area (Å²) in [6.07, 6.45) is 0. The fourth-order valence-corrected chi connectivity index (χ4v) is 4.80. The lowest BCUT2D eigenvalue weighted by Crippen LogP contribution is -2.40. The second-order valence-corrected chi connectivity index (χ2v) is 10.0. The Bertz CT molecular complexity index is 1070. The number of halogens is 2. The lowest BCUT2D eigenvalue weighted by atomic mass is 10.0. The van der Waals surface area contributed by atoms with E-state index in [1.807, 2.05) is 29.0 Å². The number of thiophene rings is 1. The highest BCUT2D eigenvalue weighted by atomic mass is 35.5. The van der Waals surface area contributed by atoms with E-state index in [9.17, 15) is 13.2 Å².